The Balaban J connectivity index is 2.14. The van der Waals surface area contributed by atoms with Crippen molar-refractivity contribution in [3.8, 4) is 0 Å². The van der Waals surface area contributed by atoms with E-state index in [1.54, 1.807) is 0 Å². The van der Waals surface area contributed by atoms with Gasteiger partial charge in [-0.2, -0.15) is 0 Å². The lowest BCUT2D eigenvalue weighted by Crippen LogP contribution is -2.40. The first-order valence-corrected chi connectivity index (χ1v) is 8.01. The third-order valence-corrected chi connectivity index (χ3v) is 5.00. The van der Waals surface area contributed by atoms with Crippen LogP contribution in [0.3, 0.4) is 0 Å². The quantitative estimate of drug-likeness (QED) is 0.869. The van der Waals surface area contributed by atoms with Crippen LogP contribution in [0.5, 0.6) is 0 Å². The molecule has 1 unspecified atom stereocenters. The average molecular weight is 372 g/mol. The Morgan fingerprint density at radius 3 is 2.70 bits per heavy atom. The molecule has 2 rings (SSSR count). The Bertz CT molecular complexity index is 567. The molecule has 9 heteroatoms. The average Bonchev–Trinajstić information content (AvgIpc) is 2.36. The Morgan fingerprint density at radius 2 is 2.10 bits per heavy atom. The summed E-state index contributed by atoms with van der Waals surface area (Å²) in [6, 6.07) is 1.40. The molecule has 112 valence electrons. The van der Waals surface area contributed by atoms with Gasteiger partial charge in [0.15, 0.2) is 0 Å². The lowest BCUT2D eigenvalue weighted by Gasteiger charge is -2.23. The van der Waals surface area contributed by atoms with E-state index in [1.807, 2.05) is 0 Å². The number of benzene rings is 1. The molecule has 1 aromatic carbocycles. The van der Waals surface area contributed by atoms with E-state index in [4.69, 9.17) is 9.47 Å². The van der Waals surface area contributed by atoms with Crippen LogP contribution in [0.2, 0.25) is 0 Å². The van der Waals surface area contributed by atoms with Crippen molar-refractivity contribution >= 4 is 26.0 Å². The highest BCUT2D eigenvalue weighted by Gasteiger charge is 2.25. The van der Waals surface area contributed by atoms with Crippen LogP contribution in [0.1, 0.15) is 0 Å². The van der Waals surface area contributed by atoms with Gasteiger partial charge in [-0.15, -0.1) is 0 Å². The Kier molecular flexibility index (Phi) is 5.08. The zero-order valence-corrected chi connectivity index (χ0v) is 12.6. The van der Waals surface area contributed by atoms with Crippen LogP contribution < -0.4 is 4.72 Å². The molecule has 0 aromatic heterocycles. The molecule has 1 saturated heterocycles. The molecule has 1 aromatic rings. The van der Waals surface area contributed by atoms with Gasteiger partial charge in [0.05, 0.1) is 25.9 Å². The Hall–Kier alpha value is -0.610. The van der Waals surface area contributed by atoms with Crippen LogP contribution in [-0.4, -0.2) is 40.9 Å². The summed E-state index contributed by atoms with van der Waals surface area (Å²) in [7, 11) is -4.11. The second kappa shape index (κ2) is 6.44. The summed E-state index contributed by atoms with van der Waals surface area (Å²) < 4.78 is 63.1. The summed E-state index contributed by atoms with van der Waals surface area (Å²) in [5.74, 6) is -2.03. The molecule has 0 radical (unpaired) electrons. The van der Waals surface area contributed by atoms with E-state index in [2.05, 4.69) is 20.7 Å². The van der Waals surface area contributed by atoms with Crippen molar-refractivity contribution in [2.75, 3.05) is 26.4 Å². The van der Waals surface area contributed by atoms with E-state index in [9.17, 15) is 17.2 Å². The minimum atomic E-state index is -4.11. The second-order valence-corrected chi connectivity index (χ2v) is 6.68. The molecule has 5 nitrogen and oxygen atoms in total. The second-order valence-electron chi connectivity index (χ2n) is 4.12. The van der Waals surface area contributed by atoms with Crippen LogP contribution >= 0.6 is 15.9 Å². The fourth-order valence-corrected chi connectivity index (χ4v) is 3.94. The minimum absolute atomic E-state index is 0.0500. The molecule has 1 aliphatic rings. The smallest absolute Gasteiger partial charge is 0.244 e. The maximum Gasteiger partial charge on any atom is 0.244 e. The number of nitrogens with one attached hydrogen (secondary N) is 1. The molecule has 0 saturated carbocycles. The van der Waals surface area contributed by atoms with Gasteiger partial charge < -0.3 is 9.47 Å². The Morgan fingerprint density at radius 1 is 1.35 bits per heavy atom. The monoisotopic (exact) mass is 371 g/mol. The molecule has 0 amide bonds. The molecule has 0 bridgehead atoms. The minimum Gasteiger partial charge on any atom is -0.376 e. The zero-order chi connectivity index (χ0) is 14.8. The maximum absolute atomic E-state index is 13.6. The first-order chi connectivity index (χ1) is 9.40. The molecule has 1 fully saturated rings. The zero-order valence-electron chi connectivity index (χ0n) is 10.2. The summed E-state index contributed by atoms with van der Waals surface area (Å²) in [5, 5.41) is 0. The highest BCUT2D eigenvalue weighted by molar-refractivity contribution is 9.10. The highest BCUT2D eigenvalue weighted by Crippen LogP contribution is 2.26. The predicted molar refractivity (Wildman–Crippen MR) is 69.8 cm³/mol. The van der Waals surface area contributed by atoms with Gasteiger partial charge >= 0.3 is 0 Å². The van der Waals surface area contributed by atoms with Crippen molar-refractivity contribution in [2.45, 2.75) is 11.0 Å². The SMILES string of the molecule is O=S(=O)(NCC1COCCO1)c1c(F)cc(F)cc1Br. The van der Waals surface area contributed by atoms with Gasteiger partial charge in [-0.1, -0.05) is 0 Å². The van der Waals surface area contributed by atoms with E-state index in [0.717, 1.165) is 6.07 Å². The molecule has 1 N–H and O–H groups in total. The largest absolute Gasteiger partial charge is 0.376 e. The lowest BCUT2D eigenvalue weighted by atomic mass is 10.3. The third-order valence-electron chi connectivity index (χ3n) is 2.62. The van der Waals surface area contributed by atoms with Crippen molar-refractivity contribution in [1.29, 1.82) is 0 Å². The van der Waals surface area contributed by atoms with Crippen molar-refractivity contribution in [3.63, 3.8) is 0 Å². The third kappa shape index (κ3) is 3.73. The van der Waals surface area contributed by atoms with Crippen LogP contribution in [-0.2, 0) is 19.5 Å². The fourth-order valence-electron chi connectivity index (χ4n) is 1.71. The van der Waals surface area contributed by atoms with Gasteiger partial charge in [-0.3, -0.25) is 0 Å². The number of rotatable bonds is 4. The molecule has 1 heterocycles. The molecule has 0 spiro atoms. The van der Waals surface area contributed by atoms with Crippen LogP contribution in [0.25, 0.3) is 0 Å². The maximum atomic E-state index is 13.6. The van der Waals surface area contributed by atoms with Gasteiger partial charge in [-0.05, 0) is 22.0 Å². The van der Waals surface area contributed by atoms with E-state index in [-0.39, 0.29) is 17.6 Å². The summed E-state index contributed by atoms with van der Waals surface area (Å²) in [4.78, 5) is -0.629. The van der Waals surface area contributed by atoms with Crippen LogP contribution in [0.4, 0.5) is 8.78 Å². The molecule has 0 aliphatic carbocycles. The summed E-state index contributed by atoms with van der Waals surface area (Å²) in [5.41, 5.74) is 0. The van der Waals surface area contributed by atoms with Crippen molar-refractivity contribution in [1.82, 2.24) is 4.72 Å². The summed E-state index contributed by atoms with van der Waals surface area (Å²) in [6.07, 6.45) is -0.430. The molecule has 1 aliphatic heterocycles. The normalized spacial score (nSPS) is 20.1. The van der Waals surface area contributed by atoms with Gasteiger partial charge in [0, 0.05) is 17.1 Å². The van der Waals surface area contributed by atoms with Gasteiger partial charge in [0.2, 0.25) is 10.0 Å². The number of ether oxygens (including phenoxy) is 2. The fraction of sp³-hybridized carbons (Fsp3) is 0.455. The highest BCUT2D eigenvalue weighted by atomic mass is 79.9. The molecular weight excluding hydrogens is 360 g/mol. The van der Waals surface area contributed by atoms with E-state index in [0.29, 0.717) is 19.3 Å². The van der Waals surface area contributed by atoms with Gasteiger partial charge in [0.25, 0.3) is 0 Å². The number of hydrogen-bond acceptors (Lipinski definition) is 4. The van der Waals surface area contributed by atoms with Crippen molar-refractivity contribution < 1.29 is 26.7 Å². The van der Waals surface area contributed by atoms with Gasteiger partial charge in [0.1, 0.15) is 16.5 Å². The van der Waals surface area contributed by atoms with Crippen LogP contribution in [0.15, 0.2) is 21.5 Å². The Labute approximate surface area is 123 Å². The molecular formula is C11H12BrF2NO4S. The van der Waals surface area contributed by atoms with Gasteiger partial charge in [-0.25, -0.2) is 21.9 Å². The van der Waals surface area contributed by atoms with Crippen molar-refractivity contribution in [3.05, 3.63) is 28.2 Å². The first-order valence-electron chi connectivity index (χ1n) is 5.74. The number of sulfonamides is 1. The predicted octanol–water partition coefficient (Wildman–Crippen LogP) is 1.42. The van der Waals surface area contributed by atoms with E-state index >= 15 is 0 Å². The summed E-state index contributed by atoms with van der Waals surface area (Å²) in [6.45, 7) is 1.05. The molecule has 1 atom stereocenters. The first kappa shape index (κ1) is 15.8. The standard InChI is InChI=1S/C11H12BrF2NO4S/c12-9-3-7(13)4-10(14)11(9)20(16,17)15-5-8-6-18-1-2-19-8/h3-4,8,15H,1-2,5-6H2. The number of hydrogen-bond donors (Lipinski definition) is 1. The summed E-state index contributed by atoms with van der Waals surface area (Å²) >= 11 is 2.84. The van der Waals surface area contributed by atoms with Crippen molar-refractivity contribution in [2.24, 2.45) is 0 Å². The number of halogens is 3. The van der Waals surface area contributed by atoms with Crippen LogP contribution in [0, 0.1) is 11.6 Å². The lowest BCUT2D eigenvalue weighted by molar-refractivity contribution is -0.0847. The van der Waals surface area contributed by atoms with E-state index in [1.165, 1.54) is 0 Å². The topological polar surface area (TPSA) is 64.6 Å². The molecule has 20 heavy (non-hydrogen) atoms. The van der Waals surface area contributed by atoms with E-state index < -0.39 is 32.7 Å².